The van der Waals surface area contributed by atoms with Crippen LogP contribution < -0.4 is 5.32 Å². The standard InChI is InChI=1S/C17H25NO2S/c1-2-18-17(14-10-11-21(19,20)12-14)16-9-4-3-8-15(16)13-6-5-7-13/h3-4,8-9,13-14,17-18H,2,5-7,10-12H2,1H3. The summed E-state index contributed by atoms with van der Waals surface area (Å²) in [6.45, 7) is 2.97. The molecule has 0 radical (unpaired) electrons. The Kier molecular flexibility index (Phi) is 4.36. The van der Waals surface area contributed by atoms with E-state index in [9.17, 15) is 8.42 Å². The summed E-state index contributed by atoms with van der Waals surface area (Å²) < 4.78 is 23.7. The van der Waals surface area contributed by atoms with E-state index in [1.807, 2.05) is 0 Å². The molecule has 0 aromatic heterocycles. The van der Waals surface area contributed by atoms with Crippen LogP contribution in [0.2, 0.25) is 0 Å². The summed E-state index contributed by atoms with van der Waals surface area (Å²) in [5, 5.41) is 3.56. The van der Waals surface area contributed by atoms with Crippen LogP contribution in [0.4, 0.5) is 0 Å². The molecule has 0 bridgehead atoms. The van der Waals surface area contributed by atoms with E-state index in [2.05, 4.69) is 36.5 Å². The maximum Gasteiger partial charge on any atom is 0.150 e. The van der Waals surface area contributed by atoms with E-state index in [4.69, 9.17) is 0 Å². The van der Waals surface area contributed by atoms with Gasteiger partial charge in [-0.2, -0.15) is 0 Å². The monoisotopic (exact) mass is 307 g/mol. The topological polar surface area (TPSA) is 46.2 Å². The second-order valence-electron chi connectivity index (χ2n) is 6.46. The minimum atomic E-state index is -2.83. The molecule has 2 fully saturated rings. The molecule has 1 aromatic carbocycles. The summed E-state index contributed by atoms with van der Waals surface area (Å²) in [6.07, 6.45) is 4.67. The van der Waals surface area contributed by atoms with Crippen LogP contribution in [-0.2, 0) is 9.84 Å². The lowest BCUT2D eigenvalue weighted by atomic mass is 9.75. The van der Waals surface area contributed by atoms with Crippen LogP contribution >= 0.6 is 0 Å². The van der Waals surface area contributed by atoms with Gasteiger partial charge in [-0.3, -0.25) is 0 Å². The number of benzene rings is 1. The fourth-order valence-corrected chi connectivity index (χ4v) is 5.56. The van der Waals surface area contributed by atoms with Gasteiger partial charge in [-0.25, -0.2) is 8.42 Å². The number of rotatable bonds is 5. The van der Waals surface area contributed by atoms with Crippen molar-refractivity contribution in [1.29, 1.82) is 0 Å². The maximum atomic E-state index is 11.8. The highest BCUT2D eigenvalue weighted by molar-refractivity contribution is 7.91. The molecule has 1 aliphatic heterocycles. The molecule has 4 heteroatoms. The van der Waals surface area contributed by atoms with Crippen LogP contribution in [0.1, 0.15) is 55.7 Å². The molecule has 1 saturated carbocycles. The molecule has 116 valence electrons. The molecule has 3 rings (SSSR count). The van der Waals surface area contributed by atoms with Crippen LogP contribution in [-0.4, -0.2) is 26.5 Å². The van der Waals surface area contributed by atoms with Crippen molar-refractivity contribution in [1.82, 2.24) is 5.32 Å². The first-order valence-electron chi connectivity index (χ1n) is 8.13. The van der Waals surface area contributed by atoms with E-state index in [0.29, 0.717) is 17.4 Å². The van der Waals surface area contributed by atoms with E-state index in [-0.39, 0.29) is 12.0 Å². The molecule has 3 nitrogen and oxygen atoms in total. The summed E-state index contributed by atoms with van der Waals surface area (Å²) in [5.41, 5.74) is 2.78. The fourth-order valence-electron chi connectivity index (χ4n) is 3.72. The first kappa shape index (κ1) is 15.0. The van der Waals surface area contributed by atoms with E-state index in [1.54, 1.807) is 0 Å². The number of sulfone groups is 1. The molecular weight excluding hydrogens is 282 g/mol. The molecule has 21 heavy (non-hydrogen) atoms. The van der Waals surface area contributed by atoms with E-state index in [1.165, 1.54) is 30.4 Å². The molecule has 1 aliphatic carbocycles. The Morgan fingerprint density at radius 1 is 1.24 bits per heavy atom. The Balaban J connectivity index is 1.90. The first-order valence-corrected chi connectivity index (χ1v) is 9.95. The molecule has 1 heterocycles. The van der Waals surface area contributed by atoms with Crippen molar-refractivity contribution in [3.8, 4) is 0 Å². The average Bonchev–Trinajstić information content (AvgIpc) is 2.75. The lowest BCUT2D eigenvalue weighted by Crippen LogP contribution is -2.30. The van der Waals surface area contributed by atoms with Gasteiger partial charge in [0.1, 0.15) is 0 Å². The second-order valence-corrected chi connectivity index (χ2v) is 8.68. The van der Waals surface area contributed by atoms with E-state index >= 15 is 0 Å². The summed E-state index contributed by atoms with van der Waals surface area (Å²) in [4.78, 5) is 0. The molecule has 2 unspecified atom stereocenters. The van der Waals surface area contributed by atoms with Gasteiger partial charge in [-0.15, -0.1) is 0 Å². The summed E-state index contributed by atoms with van der Waals surface area (Å²) in [5.74, 6) is 1.59. The zero-order valence-electron chi connectivity index (χ0n) is 12.7. The smallest absolute Gasteiger partial charge is 0.150 e. The third-order valence-corrected chi connectivity index (χ3v) is 6.83. The maximum absolute atomic E-state index is 11.8. The SMILES string of the molecule is CCNC(c1ccccc1C1CCC1)C1CCS(=O)(=O)C1. The zero-order chi connectivity index (χ0) is 14.9. The Morgan fingerprint density at radius 3 is 2.57 bits per heavy atom. The third kappa shape index (κ3) is 3.16. The molecule has 0 spiro atoms. The van der Waals surface area contributed by atoms with Crippen LogP contribution in [0, 0.1) is 5.92 Å². The third-order valence-electron chi connectivity index (χ3n) is 5.04. The Morgan fingerprint density at radius 2 is 2.00 bits per heavy atom. The van der Waals surface area contributed by atoms with Gasteiger partial charge >= 0.3 is 0 Å². The summed E-state index contributed by atoms with van der Waals surface area (Å²) in [7, 11) is -2.83. The largest absolute Gasteiger partial charge is 0.310 e. The molecule has 1 saturated heterocycles. The van der Waals surface area contributed by atoms with Gasteiger partial charge in [0, 0.05) is 6.04 Å². The zero-order valence-corrected chi connectivity index (χ0v) is 13.5. The minimum absolute atomic E-state index is 0.184. The number of nitrogens with one attached hydrogen (secondary N) is 1. The van der Waals surface area contributed by atoms with Crippen molar-refractivity contribution in [2.75, 3.05) is 18.1 Å². The lowest BCUT2D eigenvalue weighted by Gasteiger charge is -2.32. The minimum Gasteiger partial charge on any atom is -0.310 e. The van der Waals surface area contributed by atoms with Crippen LogP contribution in [0.3, 0.4) is 0 Å². The van der Waals surface area contributed by atoms with Gasteiger partial charge in [0.05, 0.1) is 11.5 Å². The highest BCUT2D eigenvalue weighted by Crippen LogP contribution is 2.42. The van der Waals surface area contributed by atoms with Gasteiger partial charge in [0.25, 0.3) is 0 Å². The normalized spacial score (nSPS) is 26.4. The quantitative estimate of drug-likeness (QED) is 0.909. The molecule has 1 aromatic rings. The second kappa shape index (κ2) is 6.09. The van der Waals surface area contributed by atoms with Crippen LogP contribution in [0.25, 0.3) is 0 Å². The van der Waals surface area contributed by atoms with Gasteiger partial charge in [-0.1, -0.05) is 37.6 Å². The van der Waals surface area contributed by atoms with Crippen molar-refractivity contribution in [2.45, 2.75) is 44.6 Å². The van der Waals surface area contributed by atoms with Gasteiger partial charge < -0.3 is 5.32 Å². The van der Waals surface area contributed by atoms with E-state index in [0.717, 1.165) is 13.0 Å². The van der Waals surface area contributed by atoms with Crippen molar-refractivity contribution in [3.63, 3.8) is 0 Å². The van der Waals surface area contributed by atoms with Crippen molar-refractivity contribution in [2.24, 2.45) is 5.92 Å². The predicted octanol–water partition coefficient (Wildman–Crippen LogP) is 3.04. The van der Waals surface area contributed by atoms with Crippen LogP contribution in [0.15, 0.2) is 24.3 Å². The summed E-state index contributed by atoms with van der Waals surface area (Å²) >= 11 is 0. The van der Waals surface area contributed by atoms with E-state index < -0.39 is 9.84 Å². The van der Waals surface area contributed by atoms with Gasteiger partial charge in [0.15, 0.2) is 9.84 Å². The predicted molar refractivity (Wildman–Crippen MR) is 86.2 cm³/mol. The Hall–Kier alpha value is -0.870. The highest BCUT2D eigenvalue weighted by atomic mass is 32.2. The molecule has 0 amide bonds. The number of hydrogen-bond donors (Lipinski definition) is 1. The Bertz CT molecular complexity index is 593. The van der Waals surface area contributed by atoms with Crippen molar-refractivity contribution >= 4 is 9.84 Å². The first-order chi connectivity index (χ1) is 10.1. The van der Waals surface area contributed by atoms with Crippen LogP contribution in [0.5, 0.6) is 0 Å². The number of hydrogen-bond acceptors (Lipinski definition) is 3. The average molecular weight is 307 g/mol. The highest BCUT2D eigenvalue weighted by Gasteiger charge is 2.36. The van der Waals surface area contributed by atoms with Crippen molar-refractivity contribution < 1.29 is 8.42 Å². The van der Waals surface area contributed by atoms with Crippen molar-refractivity contribution in [3.05, 3.63) is 35.4 Å². The fraction of sp³-hybridized carbons (Fsp3) is 0.647. The summed E-state index contributed by atoms with van der Waals surface area (Å²) in [6, 6.07) is 8.83. The lowest BCUT2D eigenvalue weighted by molar-refractivity contribution is 0.378. The van der Waals surface area contributed by atoms with Gasteiger partial charge in [-0.05, 0) is 48.8 Å². The molecule has 1 N–H and O–H groups in total. The molecular formula is C17H25NO2S. The molecule has 2 aliphatic rings. The Labute approximate surface area is 128 Å². The van der Waals surface area contributed by atoms with Gasteiger partial charge in [0.2, 0.25) is 0 Å². The molecule has 2 atom stereocenters.